The first-order valence-electron chi connectivity index (χ1n) is 8.64. The zero-order valence-electron chi connectivity index (χ0n) is 15.2. The van der Waals surface area contributed by atoms with Crippen LogP contribution in [0, 0.1) is 13.8 Å². The molecular formula is C19H23N5O2. The van der Waals surface area contributed by atoms with Gasteiger partial charge in [0.15, 0.2) is 0 Å². The molecule has 0 fully saturated rings. The predicted octanol–water partition coefficient (Wildman–Crippen LogP) is 2.34. The molecule has 7 nitrogen and oxygen atoms in total. The third kappa shape index (κ3) is 3.25. The van der Waals surface area contributed by atoms with Crippen LogP contribution in [0.3, 0.4) is 0 Å². The van der Waals surface area contributed by atoms with E-state index in [-0.39, 0.29) is 24.5 Å². The van der Waals surface area contributed by atoms with E-state index < -0.39 is 0 Å². The van der Waals surface area contributed by atoms with Crippen molar-refractivity contribution in [2.24, 2.45) is 5.10 Å². The quantitative estimate of drug-likeness (QED) is 0.468. The van der Waals surface area contributed by atoms with E-state index in [2.05, 4.69) is 51.0 Å². The van der Waals surface area contributed by atoms with Crippen LogP contribution in [0.25, 0.3) is 10.9 Å². The van der Waals surface area contributed by atoms with Crippen molar-refractivity contribution in [2.45, 2.75) is 33.7 Å². The second-order valence-corrected chi connectivity index (χ2v) is 6.08. The summed E-state index contributed by atoms with van der Waals surface area (Å²) >= 11 is 0. The van der Waals surface area contributed by atoms with Gasteiger partial charge >= 0.3 is 0 Å². The zero-order valence-corrected chi connectivity index (χ0v) is 15.2. The maximum Gasteiger partial charge on any atom is 0.255 e. The lowest BCUT2D eigenvalue weighted by molar-refractivity contribution is 0.298. The van der Waals surface area contributed by atoms with E-state index in [1.54, 1.807) is 13.1 Å². The van der Waals surface area contributed by atoms with Crippen LogP contribution in [0.5, 0.6) is 0 Å². The van der Waals surface area contributed by atoms with E-state index in [1.165, 1.54) is 5.52 Å². The molecule has 0 radical (unpaired) electrons. The first-order valence-corrected chi connectivity index (χ1v) is 8.64. The molecule has 7 heteroatoms. The maximum absolute atomic E-state index is 12.1. The fraction of sp³-hybridized carbons (Fsp3) is 0.316. The van der Waals surface area contributed by atoms with Crippen LogP contribution in [0.1, 0.15) is 29.4 Å². The van der Waals surface area contributed by atoms with E-state index in [9.17, 15) is 4.79 Å². The molecule has 2 aromatic heterocycles. The summed E-state index contributed by atoms with van der Waals surface area (Å²) in [6.45, 7) is 6.72. The highest BCUT2D eigenvalue weighted by molar-refractivity contribution is 6.01. The van der Waals surface area contributed by atoms with Crippen LogP contribution in [-0.4, -0.2) is 32.5 Å². The van der Waals surface area contributed by atoms with Crippen molar-refractivity contribution in [3.05, 3.63) is 57.1 Å². The van der Waals surface area contributed by atoms with E-state index in [1.807, 2.05) is 12.1 Å². The van der Waals surface area contributed by atoms with Gasteiger partial charge in [-0.1, -0.05) is 18.2 Å². The number of aromatic amines is 1. The number of anilines is 1. The van der Waals surface area contributed by atoms with E-state index in [0.717, 1.165) is 23.2 Å². The predicted molar refractivity (Wildman–Crippen MR) is 104 cm³/mol. The van der Waals surface area contributed by atoms with Gasteiger partial charge in [0.2, 0.25) is 5.95 Å². The first kappa shape index (κ1) is 17.9. The topological polar surface area (TPSA) is 95.3 Å². The summed E-state index contributed by atoms with van der Waals surface area (Å²) in [5, 5.41) is 14.4. The van der Waals surface area contributed by atoms with Crippen molar-refractivity contribution in [2.75, 3.05) is 12.0 Å². The molecule has 0 saturated heterocycles. The van der Waals surface area contributed by atoms with Crippen molar-refractivity contribution < 1.29 is 5.11 Å². The molecule has 2 heterocycles. The van der Waals surface area contributed by atoms with Gasteiger partial charge in [-0.25, -0.2) is 10.4 Å². The minimum atomic E-state index is -0.261. The van der Waals surface area contributed by atoms with Crippen molar-refractivity contribution in [1.29, 1.82) is 0 Å². The van der Waals surface area contributed by atoms with Gasteiger partial charge < -0.3 is 9.67 Å². The van der Waals surface area contributed by atoms with E-state index in [0.29, 0.717) is 11.3 Å². The van der Waals surface area contributed by atoms with Gasteiger partial charge in [0.1, 0.15) is 0 Å². The number of hydrogen-bond donors (Lipinski definition) is 3. The molecule has 26 heavy (non-hydrogen) atoms. The number of hydrogen-bond acceptors (Lipinski definition) is 5. The van der Waals surface area contributed by atoms with E-state index in [4.69, 9.17) is 5.11 Å². The number of nitrogens with one attached hydrogen (secondary N) is 2. The molecule has 0 aliphatic carbocycles. The summed E-state index contributed by atoms with van der Waals surface area (Å²) in [7, 11) is 0. The monoisotopic (exact) mass is 353 g/mol. The van der Waals surface area contributed by atoms with Crippen LogP contribution < -0.4 is 11.0 Å². The van der Waals surface area contributed by atoms with Crippen LogP contribution in [-0.2, 0) is 13.0 Å². The molecule has 0 unspecified atom stereocenters. The van der Waals surface area contributed by atoms with Crippen LogP contribution >= 0.6 is 0 Å². The Morgan fingerprint density at radius 3 is 2.81 bits per heavy atom. The Hall–Kier alpha value is -2.93. The summed E-state index contributed by atoms with van der Waals surface area (Å²) in [4.78, 5) is 19.0. The molecular weight excluding hydrogens is 330 g/mol. The van der Waals surface area contributed by atoms with Crippen LogP contribution in [0.4, 0.5) is 5.95 Å². The number of H-pyrrole nitrogens is 1. The number of aryl methyl sites for hydroxylation is 2. The van der Waals surface area contributed by atoms with Gasteiger partial charge in [-0.05, 0) is 26.8 Å². The number of benzene rings is 1. The molecule has 1 aromatic carbocycles. The largest absolute Gasteiger partial charge is 0.396 e. The highest BCUT2D eigenvalue weighted by atomic mass is 16.3. The molecule has 0 aliphatic heterocycles. The van der Waals surface area contributed by atoms with Gasteiger partial charge in [-0.15, -0.1) is 0 Å². The molecule has 0 atom stereocenters. The standard InChI is InChI=1S/C19H23N5O2/c1-4-24-13(3)16(15-7-5-6-8-17(15)24)11-20-23-19-21-12(2)14(9-10-25)18(26)22-19/h5-8,11,25H,4,9-10H2,1-3H3,(H2,21,22,23,26)/b20-11-. The third-order valence-electron chi connectivity index (χ3n) is 4.54. The van der Waals surface area contributed by atoms with Crippen molar-refractivity contribution in [3.8, 4) is 0 Å². The number of fused-ring (bicyclic) bond motifs is 1. The van der Waals surface area contributed by atoms with Gasteiger partial charge in [0, 0.05) is 47.3 Å². The van der Waals surface area contributed by atoms with Crippen molar-refractivity contribution >= 4 is 23.1 Å². The summed E-state index contributed by atoms with van der Waals surface area (Å²) < 4.78 is 2.24. The summed E-state index contributed by atoms with van der Waals surface area (Å²) in [6.07, 6.45) is 2.04. The highest BCUT2D eigenvalue weighted by Gasteiger charge is 2.11. The number of aromatic nitrogens is 3. The third-order valence-corrected chi connectivity index (χ3v) is 4.54. The van der Waals surface area contributed by atoms with Gasteiger partial charge in [0.05, 0.1) is 11.9 Å². The van der Waals surface area contributed by atoms with Crippen molar-refractivity contribution in [1.82, 2.24) is 14.5 Å². The second-order valence-electron chi connectivity index (χ2n) is 6.08. The Labute approximate surface area is 151 Å². The summed E-state index contributed by atoms with van der Waals surface area (Å²) in [5.74, 6) is 0.280. The number of nitrogens with zero attached hydrogens (tertiary/aromatic N) is 3. The zero-order chi connectivity index (χ0) is 18.7. The van der Waals surface area contributed by atoms with E-state index >= 15 is 0 Å². The molecule has 0 saturated carbocycles. The van der Waals surface area contributed by atoms with Crippen LogP contribution in [0.2, 0.25) is 0 Å². The fourth-order valence-corrected chi connectivity index (χ4v) is 3.26. The van der Waals surface area contributed by atoms with Gasteiger partial charge in [0.25, 0.3) is 5.56 Å². The first-order chi connectivity index (χ1) is 12.6. The Bertz CT molecular complexity index is 1020. The van der Waals surface area contributed by atoms with Gasteiger partial charge in [-0.3, -0.25) is 9.78 Å². The lowest BCUT2D eigenvalue weighted by Gasteiger charge is -2.05. The molecule has 0 bridgehead atoms. The summed E-state index contributed by atoms with van der Waals surface area (Å²) in [5.41, 5.74) is 6.94. The molecule has 0 amide bonds. The molecule has 0 aliphatic rings. The Morgan fingerprint density at radius 2 is 2.12 bits per heavy atom. The normalized spacial score (nSPS) is 11.5. The molecule has 3 N–H and O–H groups in total. The molecule has 0 spiro atoms. The number of aliphatic hydroxyl groups excluding tert-OH is 1. The number of hydrazone groups is 1. The minimum absolute atomic E-state index is 0.0860. The number of aliphatic hydroxyl groups is 1. The maximum atomic E-state index is 12.1. The Kier molecular flexibility index (Phi) is 5.18. The van der Waals surface area contributed by atoms with Gasteiger partial charge in [-0.2, -0.15) is 5.10 Å². The summed E-state index contributed by atoms with van der Waals surface area (Å²) in [6, 6.07) is 8.20. The smallest absolute Gasteiger partial charge is 0.255 e. The Balaban J connectivity index is 1.89. The SMILES string of the molecule is CCn1c(C)c(/C=N\Nc2nc(C)c(CCO)c(=O)[nH]2)c2ccccc21. The second kappa shape index (κ2) is 7.53. The lowest BCUT2D eigenvalue weighted by Crippen LogP contribution is -2.19. The average molecular weight is 353 g/mol. The molecule has 3 rings (SSSR count). The lowest BCUT2D eigenvalue weighted by atomic mass is 10.1. The average Bonchev–Trinajstić information content (AvgIpc) is 2.89. The number of rotatable bonds is 6. The Morgan fingerprint density at radius 1 is 1.35 bits per heavy atom. The minimum Gasteiger partial charge on any atom is -0.396 e. The molecule has 136 valence electrons. The number of para-hydroxylation sites is 1. The van der Waals surface area contributed by atoms with Crippen molar-refractivity contribution in [3.63, 3.8) is 0 Å². The van der Waals surface area contributed by atoms with Crippen LogP contribution in [0.15, 0.2) is 34.2 Å². The molecule has 3 aromatic rings. The highest BCUT2D eigenvalue weighted by Crippen LogP contribution is 2.24. The fourth-order valence-electron chi connectivity index (χ4n) is 3.26.